The highest BCUT2D eigenvalue weighted by atomic mass is 16.7. The fraction of sp³-hybridized carbons (Fsp3) is 0.831. The number of rotatable bonds is 59. The maximum absolute atomic E-state index is 13.4. The van der Waals surface area contributed by atoms with Crippen LogP contribution in [0.5, 0.6) is 0 Å². The van der Waals surface area contributed by atoms with Crippen molar-refractivity contribution < 1.29 is 49.3 Å². The molecule has 11 heteroatoms. The summed E-state index contributed by atoms with van der Waals surface area (Å²) in [5, 5.41) is 57.1. The zero-order valence-corrected chi connectivity index (χ0v) is 53.1. The van der Waals surface area contributed by atoms with E-state index in [0.717, 1.165) is 83.5 Å². The molecule has 1 aliphatic rings. The summed E-state index contributed by atoms with van der Waals surface area (Å²) in [6.07, 6.45) is 64.0. The summed E-state index contributed by atoms with van der Waals surface area (Å²) in [7, 11) is 0. The molecule has 1 heterocycles. The van der Waals surface area contributed by atoms with Gasteiger partial charge in [0, 0.05) is 6.42 Å². The lowest BCUT2D eigenvalue weighted by Gasteiger charge is -2.41. The van der Waals surface area contributed by atoms with Crippen LogP contribution >= 0.6 is 0 Å². The molecule has 0 radical (unpaired) electrons. The predicted octanol–water partition coefficient (Wildman–Crippen LogP) is 17.3. The molecule has 0 aromatic rings. The van der Waals surface area contributed by atoms with Gasteiger partial charge in [-0.05, 0) is 70.6 Å². The summed E-state index contributed by atoms with van der Waals surface area (Å²) in [6.45, 7) is 5.79. The van der Waals surface area contributed by atoms with Crippen LogP contribution in [0.4, 0.5) is 0 Å². The van der Waals surface area contributed by atoms with Crippen molar-refractivity contribution in [1.29, 1.82) is 0 Å². The number of carbonyl (C=O) groups excluding carboxylic acids is 2. The number of hydrogen-bond donors (Lipinski definition) is 6. The van der Waals surface area contributed by atoms with E-state index in [1.165, 1.54) is 186 Å². The number of carbonyl (C=O) groups is 2. The van der Waals surface area contributed by atoms with Gasteiger partial charge in [-0.3, -0.25) is 9.59 Å². The molecular weight excluding hydrogens is 1030 g/mol. The molecule has 1 rings (SSSR count). The Balaban J connectivity index is 2.55. The SMILES string of the molecule is CCCCC/C=C\C/C=C\C/C=C\C/C=C\CCCCCCCCCCCCCC(=O)OC1C(OCC(NC(=O)C(O)CCCCCCCCCCCCCCCC)C(O)/C=C/CCCCCCCCCCCC)OC(CO)C(O)C1O. The van der Waals surface area contributed by atoms with Gasteiger partial charge in [-0.2, -0.15) is 0 Å². The fourth-order valence-corrected chi connectivity index (χ4v) is 10.7. The van der Waals surface area contributed by atoms with E-state index in [4.69, 9.17) is 14.2 Å². The van der Waals surface area contributed by atoms with Gasteiger partial charge in [-0.1, -0.05) is 300 Å². The van der Waals surface area contributed by atoms with E-state index < -0.39 is 67.4 Å². The van der Waals surface area contributed by atoms with Crippen LogP contribution in [0.2, 0.25) is 0 Å². The second-order valence-corrected chi connectivity index (χ2v) is 23.9. The van der Waals surface area contributed by atoms with E-state index in [0.29, 0.717) is 19.3 Å². The minimum absolute atomic E-state index is 0.120. The lowest BCUT2D eigenvalue weighted by atomic mass is 9.99. The maximum atomic E-state index is 13.4. The van der Waals surface area contributed by atoms with Crippen LogP contribution in [0.1, 0.15) is 316 Å². The number of unbranched alkanes of at least 4 members (excludes halogenated alkanes) is 37. The molecule has 0 aromatic heterocycles. The monoisotopic (exact) mass is 1160 g/mol. The average molecular weight is 1160 g/mol. The highest BCUT2D eigenvalue weighted by Gasteiger charge is 2.47. The standard InChI is InChI=1S/C71H129NO10/c1-4-7-10-13-16-19-22-25-27-28-29-30-31-32-33-34-35-36-37-38-39-41-44-47-50-53-56-59-66(76)82-69-68(78)67(77)65(60-73)81-71(69)80-61-62(63(74)57-54-51-48-45-42-24-21-18-15-12-9-6-3)72-70(79)64(75)58-55-52-49-46-43-40-26-23-20-17-14-11-8-5-2/h16,19,25,27,29-30,32-33,54,57,62-65,67-69,71,73-75,77-78H,4-15,17-18,20-24,26,28,31,34-53,55-56,58-61H2,1-3H3,(H,72,79)/b19-16-,27-25-,30-29-,33-32-,57-54+. The molecule has 6 N–H and O–H groups in total. The van der Waals surface area contributed by atoms with Crippen molar-refractivity contribution in [3.63, 3.8) is 0 Å². The van der Waals surface area contributed by atoms with Crippen LogP contribution in [0.25, 0.3) is 0 Å². The third-order valence-corrected chi connectivity index (χ3v) is 16.2. The summed E-state index contributed by atoms with van der Waals surface area (Å²) >= 11 is 0. The largest absolute Gasteiger partial charge is 0.454 e. The lowest BCUT2D eigenvalue weighted by molar-refractivity contribution is -0.305. The first-order valence-electron chi connectivity index (χ1n) is 34.6. The molecule has 1 amide bonds. The number of ether oxygens (including phenoxy) is 3. The third kappa shape index (κ3) is 45.7. The zero-order chi connectivity index (χ0) is 59.6. The van der Waals surface area contributed by atoms with Crippen molar-refractivity contribution in [3.05, 3.63) is 60.8 Å². The molecule has 82 heavy (non-hydrogen) atoms. The molecule has 11 nitrogen and oxygen atoms in total. The molecule has 0 saturated carbocycles. The van der Waals surface area contributed by atoms with Crippen LogP contribution in [-0.4, -0.2) is 99.6 Å². The molecular formula is C71H129NO10. The zero-order valence-electron chi connectivity index (χ0n) is 53.1. The van der Waals surface area contributed by atoms with Crippen molar-refractivity contribution in [3.8, 4) is 0 Å². The number of amides is 1. The first-order valence-corrected chi connectivity index (χ1v) is 34.6. The van der Waals surface area contributed by atoms with Gasteiger partial charge >= 0.3 is 5.97 Å². The summed E-state index contributed by atoms with van der Waals surface area (Å²) in [6, 6.07) is -1.02. The minimum Gasteiger partial charge on any atom is -0.454 e. The van der Waals surface area contributed by atoms with E-state index in [-0.39, 0.29) is 13.0 Å². The van der Waals surface area contributed by atoms with Gasteiger partial charge in [0.2, 0.25) is 5.91 Å². The van der Waals surface area contributed by atoms with E-state index in [1.54, 1.807) is 6.08 Å². The number of aliphatic hydroxyl groups is 5. The molecule has 0 spiro atoms. The third-order valence-electron chi connectivity index (χ3n) is 16.2. The van der Waals surface area contributed by atoms with Crippen LogP contribution in [0, 0.1) is 0 Å². The molecule has 8 atom stereocenters. The van der Waals surface area contributed by atoms with Crippen molar-refractivity contribution in [2.75, 3.05) is 13.2 Å². The van der Waals surface area contributed by atoms with Crippen molar-refractivity contribution in [2.24, 2.45) is 0 Å². The van der Waals surface area contributed by atoms with Gasteiger partial charge in [0.1, 0.15) is 24.4 Å². The Morgan fingerprint density at radius 2 is 0.841 bits per heavy atom. The normalized spacial score (nSPS) is 19.0. The van der Waals surface area contributed by atoms with Gasteiger partial charge < -0.3 is 45.1 Å². The molecule has 0 aliphatic carbocycles. The molecule has 1 aliphatic heterocycles. The Kier molecular flexibility index (Phi) is 55.4. The highest BCUT2D eigenvalue weighted by molar-refractivity contribution is 5.80. The van der Waals surface area contributed by atoms with E-state index in [2.05, 4.69) is 74.7 Å². The van der Waals surface area contributed by atoms with E-state index in [1.807, 2.05) is 6.08 Å². The fourth-order valence-electron chi connectivity index (χ4n) is 10.7. The Labute approximate surface area is 503 Å². The van der Waals surface area contributed by atoms with E-state index in [9.17, 15) is 35.1 Å². The second-order valence-electron chi connectivity index (χ2n) is 23.9. The molecule has 1 fully saturated rings. The lowest BCUT2D eigenvalue weighted by Crippen LogP contribution is -2.61. The van der Waals surface area contributed by atoms with Crippen molar-refractivity contribution >= 4 is 11.9 Å². The summed E-state index contributed by atoms with van der Waals surface area (Å²) in [4.78, 5) is 26.6. The highest BCUT2D eigenvalue weighted by Crippen LogP contribution is 2.26. The van der Waals surface area contributed by atoms with Crippen molar-refractivity contribution in [1.82, 2.24) is 5.32 Å². The number of esters is 1. The number of hydrogen-bond acceptors (Lipinski definition) is 10. The molecule has 0 bridgehead atoms. The number of allylic oxidation sites excluding steroid dienone is 9. The predicted molar refractivity (Wildman–Crippen MR) is 343 cm³/mol. The topological polar surface area (TPSA) is 175 Å². The second kappa shape index (κ2) is 58.7. The minimum atomic E-state index is -1.62. The number of nitrogens with one attached hydrogen (secondary N) is 1. The molecule has 478 valence electrons. The summed E-state index contributed by atoms with van der Waals surface area (Å²) < 4.78 is 17.7. The molecule has 8 unspecified atom stereocenters. The van der Waals surface area contributed by atoms with Gasteiger partial charge in [0.25, 0.3) is 0 Å². The smallest absolute Gasteiger partial charge is 0.306 e. The van der Waals surface area contributed by atoms with Gasteiger partial charge in [0.15, 0.2) is 12.4 Å². The summed E-state index contributed by atoms with van der Waals surface area (Å²) in [5.41, 5.74) is 0. The molecule has 0 aromatic carbocycles. The maximum Gasteiger partial charge on any atom is 0.306 e. The quantitative estimate of drug-likeness (QED) is 0.0195. The van der Waals surface area contributed by atoms with Crippen LogP contribution in [0.3, 0.4) is 0 Å². The van der Waals surface area contributed by atoms with Crippen LogP contribution in [-0.2, 0) is 23.8 Å². The van der Waals surface area contributed by atoms with Crippen LogP contribution in [0.15, 0.2) is 60.8 Å². The van der Waals surface area contributed by atoms with Gasteiger partial charge in [-0.25, -0.2) is 0 Å². The average Bonchev–Trinajstić information content (AvgIpc) is 3.48. The Morgan fingerprint density at radius 1 is 0.476 bits per heavy atom. The van der Waals surface area contributed by atoms with Crippen molar-refractivity contribution in [2.45, 2.75) is 365 Å². The Morgan fingerprint density at radius 3 is 1.28 bits per heavy atom. The number of aliphatic hydroxyl groups excluding tert-OH is 5. The Hall–Kier alpha value is -2.64. The molecule has 1 saturated heterocycles. The van der Waals surface area contributed by atoms with Crippen LogP contribution < -0.4 is 5.32 Å². The first kappa shape index (κ1) is 77.4. The van der Waals surface area contributed by atoms with Gasteiger partial charge in [-0.15, -0.1) is 0 Å². The van der Waals surface area contributed by atoms with Gasteiger partial charge in [0.05, 0.1) is 25.4 Å². The first-order chi connectivity index (χ1) is 40.2. The Bertz CT molecular complexity index is 1560. The summed E-state index contributed by atoms with van der Waals surface area (Å²) in [5.74, 6) is -1.19. The van der Waals surface area contributed by atoms with E-state index >= 15 is 0 Å².